The molecule has 1 aliphatic rings. The predicted octanol–water partition coefficient (Wildman–Crippen LogP) is 2.74. The van der Waals surface area contributed by atoms with E-state index in [-0.39, 0.29) is 10.1 Å². The van der Waals surface area contributed by atoms with Crippen LogP contribution in [-0.4, -0.2) is 44.7 Å². The zero-order valence-corrected chi connectivity index (χ0v) is 19.7. The van der Waals surface area contributed by atoms with E-state index in [1.54, 1.807) is 24.3 Å². The topological polar surface area (TPSA) is 114 Å². The number of aliphatic carboxylic acids is 1. The van der Waals surface area contributed by atoms with Crippen LogP contribution < -0.4 is 19.7 Å². The smallest absolute Gasteiger partial charge is 0.323 e. The second-order valence-corrected chi connectivity index (χ2v) is 9.10. The summed E-state index contributed by atoms with van der Waals surface area (Å²) in [6, 6.07) is 14.2. The number of carboxylic acids is 1. The highest BCUT2D eigenvalue weighted by molar-refractivity contribution is 7.15. The Morgan fingerprint density at radius 3 is 2.57 bits per heavy atom. The molecule has 0 saturated carbocycles. The first-order chi connectivity index (χ1) is 17.0. The zero-order valence-electron chi connectivity index (χ0n) is 18.9. The molecule has 1 amide bonds. The summed E-state index contributed by atoms with van der Waals surface area (Å²) in [4.78, 5) is 43.6. The molecule has 0 aliphatic carbocycles. The van der Waals surface area contributed by atoms with Crippen LogP contribution in [0.3, 0.4) is 0 Å². The lowest BCUT2D eigenvalue weighted by Gasteiger charge is -2.13. The fourth-order valence-electron chi connectivity index (χ4n) is 4.04. The minimum Gasteiger partial charge on any atom is -0.494 e. The van der Waals surface area contributed by atoms with Crippen LogP contribution in [0.2, 0.25) is 0 Å². The molecule has 0 fully saturated rings. The number of para-hydroxylation sites is 1. The Hall–Kier alpha value is -4.05. The third kappa shape index (κ3) is 4.17. The Balaban J connectivity index is 1.49. The molecule has 5 rings (SSSR count). The van der Waals surface area contributed by atoms with E-state index in [0.29, 0.717) is 28.6 Å². The van der Waals surface area contributed by atoms with Crippen molar-refractivity contribution in [3.63, 3.8) is 0 Å². The lowest BCUT2D eigenvalue weighted by Crippen LogP contribution is -2.35. The van der Waals surface area contributed by atoms with Gasteiger partial charge in [0.1, 0.15) is 16.8 Å². The van der Waals surface area contributed by atoms with Crippen LogP contribution >= 0.6 is 11.3 Å². The van der Waals surface area contributed by atoms with Crippen molar-refractivity contribution in [3.05, 3.63) is 69.0 Å². The fraction of sp³-hybridized carbons (Fsp3) is 0.240. The first-order valence-electron chi connectivity index (χ1n) is 11.3. The van der Waals surface area contributed by atoms with Gasteiger partial charge in [0.05, 0.1) is 17.9 Å². The van der Waals surface area contributed by atoms with Crippen molar-refractivity contribution >= 4 is 39.4 Å². The van der Waals surface area contributed by atoms with Crippen molar-refractivity contribution in [2.24, 2.45) is 0 Å². The van der Waals surface area contributed by atoms with Crippen molar-refractivity contribution < 1.29 is 19.4 Å². The van der Waals surface area contributed by atoms with Crippen LogP contribution in [0.25, 0.3) is 21.9 Å². The largest absolute Gasteiger partial charge is 0.494 e. The second kappa shape index (κ2) is 9.30. The number of aromatic nitrogens is 3. The molecule has 4 aromatic rings. The van der Waals surface area contributed by atoms with E-state index in [2.05, 4.69) is 17.0 Å². The molecule has 1 N–H and O–H groups in total. The minimum atomic E-state index is -1.14. The molecule has 0 unspecified atom stereocenters. The maximum absolute atomic E-state index is 13.2. The Morgan fingerprint density at radius 2 is 1.86 bits per heavy atom. The summed E-state index contributed by atoms with van der Waals surface area (Å²) in [6.45, 7) is 2.32. The van der Waals surface area contributed by atoms with E-state index in [1.165, 1.54) is 9.42 Å². The standard InChI is InChI=1S/C25H22N4O5S/c1-2-3-6-13-34-16-11-9-15(10-12-16)22-26-25-29(27-22)24(33)21(35-25)20-17-7-4-5-8-18(17)28(23(20)32)14-19(30)31/h4-5,7-12H,2-3,6,13-14H2,1H3,(H,30,31)/b21-20-. The number of hydrogen-bond donors (Lipinski definition) is 1. The lowest BCUT2D eigenvalue weighted by atomic mass is 10.1. The Labute approximate surface area is 203 Å². The number of hydrogen-bond acceptors (Lipinski definition) is 7. The van der Waals surface area contributed by atoms with Gasteiger partial charge in [0.25, 0.3) is 11.5 Å². The molecule has 0 spiro atoms. The molecule has 2 aromatic heterocycles. The number of fused-ring (bicyclic) bond motifs is 2. The van der Waals surface area contributed by atoms with Gasteiger partial charge in [0.15, 0.2) is 5.82 Å². The molecule has 0 saturated heterocycles. The number of benzene rings is 2. The summed E-state index contributed by atoms with van der Waals surface area (Å²) in [5.74, 6) is -0.502. The number of ether oxygens (including phenoxy) is 1. The van der Waals surface area contributed by atoms with Gasteiger partial charge >= 0.3 is 5.97 Å². The molecule has 178 valence electrons. The van der Waals surface area contributed by atoms with Crippen LogP contribution in [0.4, 0.5) is 5.69 Å². The lowest BCUT2D eigenvalue weighted by molar-refractivity contribution is -0.136. The second-order valence-electron chi connectivity index (χ2n) is 8.12. The Bertz CT molecular complexity index is 1540. The number of carbonyl (C=O) groups excluding carboxylic acids is 1. The van der Waals surface area contributed by atoms with Crippen LogP contribution in [-0.2, 0) is 9.59 Å². The number of amides is 1. The van der Waals surface area contributed by atoms with Crippen LogP contribution in [0.1, 0.15) is 31.7 Å². The number of carboxylic acid groups (broad SMARTS) is 1. The maximum atomic E-state index is 13.2. The van der Waals surface area contributed by atoms with Crippen molar-refractivity contribution in [1.29, 1.82) is 0 Å². The van der Waals surface area contributed by atoms with Gasteiger partial charge in [0, 0.05) is 11.1 Å². The molecular formula is C25H22N4O5S. The van der Waals surface area contributed by atoms with Crippen molar-refractivity contribution in [2.45, 2.75) is 26.2 Å². The van der Waals surface area contributed by atoms with Gasteiger partial charge in [0.2, 0.25) is 4.96 Å². The molecule has 9 nitrogen and oxygen atoms in total. The summed E-state index contributed by atoms with van der Waals surface area (Å²) >= 11 is 1.06. The van der Waals surface area contributed by atoms with Crippen molar-refractivity contribution in [2.75, 3.05) is 18.1 Å². The highest BCUT2D eigenvalue weighted by Gasteiger charge is 2.35. The summed E-state index contributed by atoms with van der Waals surface area (Å²) in [7, 11) is 0. The molecule has 0 atom stereocenters. The molecule has 2 aromatic carbocycles. The molecule has 0 radical (unpaired) electrons. The fourth-order valence-corrected chi connectivity index (χ4v) is 5.04. The van der Waals surface area contributed by atoms with Gasteiger partial charge in [-0.15, -0.1) is 5.10 Å². The first kappa shape index (κ1) is 22.7. The van der Waals surface area contributed by atoms with E-state index in [9.17, 15) is 19.5 Å². The van der Waals surface area contributed by atoms with E-state index in [0.717, 1.165) is 41.9 Å². The Kier molecular flexibility index (Phi) is 6.04. The normalized spacial score (nSPS) is 14.5. The third-order valence-corrected chi connectivity index (χ3v) is 6.76. The molecule has 1 aliphatic heterocycles. The SMILES string of the molecule is CCCCCOc1ccc(-c2nc3s/c(=C4\C(=O)N(CC(=O)O)c5ccccc54)c(=O)n3n2)cc1. The summed E-state index contributed by atoms with van der Waals surface area (Å²) in [5.41, 5.74) is 1.44. The number of thiazole rings is 1. The van der Waals surface area contributed by atoms with Crippen LogP contribution in [0, 0.1) is 0 Å². The third-order valence-electron chi connectivity index (χ3n) is 5.73. The highest BCUT2D eigenvalue weighted by atomic mass is 32.1. The summed E-state index contributed by atoms with van der Waals surface area (Å²) < 4.78 is 7.11. The summed E-state index contributed by atoms with van der Waals surface area (Å²) in [5, 5.41) is 13.6. The average molecular weight is 491 g/mol. The number of carbonyl (C=O) groups is 2. The molecule has 35 heavy (non-hydrogen) atoms. The quantitative estimate of drug-likeness (QED) is 0.378. The molecule has 10 heteroatoms. The van der Waals surface area contributed by atoms with Gasteiger partial charge in [-0.2, -0.15) is 9.50 Å². The van der Waals surface area contributed by atoms with Gasteiger partial charge in [-0.3, -0.25) is 19.3 Å². The van der Waals surface area contributed by atoms with Gasteiger partial charge in [-0.1, -0.05) is 49.3 Å². The number of anilines is 1. The number of unbranched alkanes of at least 4 members (excludes halogenated alkanes) is 2. The van der Waals surface area contributed by atoms with E-state index >= 15 is 0 Å². The molecular weight excluding hydrogens is 468 g/mol. The first-order valence-corrected chi connectivity index (χ1v) is 12.1. The average Bonchev–Trinajstić information content (AvgIpc) is 3.48. The maximum Gasteiger partial charge on any atom is 0.323 e. The van der Waals surface area contributed by atoms with Gasteiger partial charge < -0.3 is 9.84 Å². The predicted molar refractivity (Wildman–Crippen MR) is 132 cm³/mol. The highest BCUT2D eigenvalue weighted by Crippen LogP contribution is 2.35. The van der Waals surface area contributed by atoms with Crippen molar-refractivity contribution in [1.82, 2.24) is 14.6 Å². The van der Waals surface area contributed by atoms with Gasteiger partial charge in [-0.25, -0.2) is 0 Å². The molecule has 3 heterocycles. The minimum absolute atomic E-state index is 0.176. The van der Waals surface area contributed by atoms with Crippen LogP contribution in [0.15, 0.2) is 53.3 Å². The molecule has 0 bridgehead atoms. The van der Waals surface area contributed by atoms with Crippen LogP contribution in [0.5, 0.6) is 5.75 Å². The zero-order chi connectivity index (χ0) is 24.5. The van der Waals surface area contributed by atoms with Crippen molar-refractivity contribution in [3.8, 4) is 17.1 Å². The van der Waals surface area contributed by atoms with Gasteiger partial charge in [-0.05, 0) is 36.8 Å². The van der Waals surface area contributed by atoms with E-state index in [1.807, 2.05) is 24.3 Å². The summed E-state index contributed by atoms with van der Waals surface area (Å²) in [6.07, 6.45) is 3.27. The number of nitrogens with zero attached hydrogens (tertiary/aromatic N) is 4. The van der Waals surface area contributed by atoms with E-state index in [4.69, 9.17) is 4.74 Å². The van der Waals surface area contributed by atoms with E-state index < -0.39 is 24.0 Å². The number of rotatable bonds is 8. The Morgan fingerprint density at radius 1 is 1.09 bits per heavy atom. The monoisotopic (exact) mass is 490 g/mol.